The van der Waals surface area contributed by atoms with Crippen LogP contribution in [0.5, 0.6) is 0 Å². The Hall–Kier alpha value is -2.89. The van der Waals surface area contributed by atoms with E-state index in [4.69, 9.17) is 10.7 Å². The lowest BCUT2D eigenvalue weighted by atomic mass is 9.94. The van der Waals surface area contributed by atoms with Crippen LogP contribution >= 0.6 is 0 Å². The topological polar surface area (TPSA) is 77.0 Å². The molecule has 1 unspecified atom stereocenters. The molecule has 1 atom stereocenters. The molecule has 0 radical (unpaired) electrons. The zero-order valence-corrected chi connectivity index (χ0v) is 14.0. The van der Waals surface area contributed by atoms with E-state index in [2.05, 4.69) is 9.88 Å². The van der Waals surface area contributed by atoms with Gasteiger partial charge >= 0.3 is 0 Å². The standard InChI is InChI=1S/C19H21N5O/c20-17(25)11-14-5-4-10-23(12-14)18-8-3-9-19(22-18)24-13-21-15-6-1-2-7-16(15)24/h1-3,6-9,13-14H,4-5,10-12H2,(H2,20,25). The SMILES string of the molecule is NC(=O)CC1CCCN(c2cccc(-n3cnc4ccccc43)n2)C1. The summed E-state index contributed by atoms with van der Waals surface area (Å²) >= 11 is 0. The van der Waals surface area contributed by atoms with Crippen molar-refractivity contribution in [1.82, 2.24) is 14.5 Å². The quantitative estimate of drug-likeness (QED) is 0.795. The molecule has 2 N–H and O–H groups in total. The number of anilines is 1. The predicted molar refractivity (Wildman–Crippen MR) is 97.6 cm³/mol. The van der Waals surface area contributed by atoms with Crippen molar-refractivity contribution in [3.05, 3.63) is 48.8 Å². The van der Waals surface area contributed by atoms with Gasteiger partial charge in [0.05, 0.1) is 11.0 Å². The molecule has 0 spiro atoms. The van der Waals surface area contributed by atoms with Crippen molar-refractivity contribution in [2.75, 3.05) is 18.0 Å². The summed E-state index contributed by atoms with van der Waals surface area (Å²) in [5, 5.41) is 0. The van der Waals surface area contributed by atoms with Crippen molar-refractivity contribution in [3.8, 4) is 5.82 Å². The molecule has 0 saturated carbocycles. The minimum Gasteiger partial charge on any atom is -0.370 e. The van der Waals surface area contributed by atoms with Gasteiger partial charge in [0.15, 0.2) is 0 Å². The molecular weight excluding hydrogens is 314 g/mol. The average molecular weight is 335 g/mol. The van der Waals surface area contributed by atoms with Crippen molar-refractivity contribution >= 4 is 22.8 Å². The zero-order chi connectivity index (χ0) is 17.2. The lowest BCUT2D eigenvalue weighted by Crippen LogP contribution is -2.37. The summed E-state index contributed by atoms with van der Waals surface area (Å²) in [5.74, 6) is 1.87. The van der Waals surface area contributed by atoms with E-state index in [1.807, 2.05) is 53.4 Å². The highest BCUT2D eigenvalue weighted by molar-refractivity contribution is 5.77. The van der Waals surface area contributed by atoms with Gasteiger partial charge in [-0.2, -0.15) is 0 Å². The fraction of sp³-hybridized carbons (Fsp3) is 0.316. The molecule has 1 fully saturated rings. The lowest BCUT2D eigenvalue weighted by molar-refractivity contribution is -0.118. The average Bonchev–Trinajstić information content (AvgIpc) is 3.06. The second-order valence-corrected chi connectivity index (χ2v) is 6.58. The molecule has 0 aliphatic carbocycles. The molecule has 1 aromatic carbocycles. The van der Waals surface area contributed by atoms with Crippen molar-refractivity contribution in [2.24, 2.45) is 11.7 Å². The van der Waals surface area contributed by atoms with Gasteiger partial charge in [-0.15, -0.1) is 0 Å². The van der Waals surface area contributed by atoms with Crippen molar-refractivity contribution < 1.29 is 4.79 Å². The number of para-hydroxylation sites is 2. The van der Waals surface area contributed by atoms with Crippen LogP contribution in [0.1, 0.15) is 19.3 Å². The fourth-order valence-corrected chi connectivity index (χ4v) is 3.59. The number of rotatable bonds is 4. The summed E-state index contributed by atoms with van der Waals surface area (Å²) < 4.78 is 2.00. The first kappa shape index (κ1) is 15.6. The van der Waals surface area contributed by atoms with Gasteiger partial charge in [0.2, 0.25) is 5.91 Å². The number of carbonyl (C=O) groups is 1. The third-order valence-corrected chi connectivity index (χ3v) is 4.75. The molecule has 1 saturated heterocycles. The maximum Gasteiger partial charge on any atom is 0.217 e. The summed E-state index contributed by atoms with van der Waals surface area (Å²) in [7, 11) is 0. The van der Waals surface area contributed by atoms with E-state index in [-0.39, 0.29) is 5.91 Å². The van der Waals surface area contributed by atoms with Crippen LogP contribution in [-0.4, -0.2) is 33.5 Å². The second-order valence-electron chi connectivity index (χ2n) is 6.58. The Morgan fingerprint density at radius 1 is 1.16 bits per heavy atom. The summed E-state index contributed by atoms with van der Waals surface area (Å²) in [5.41, 5.74) is 7.36. The highest BCUT2D eigenvalue weighted by atomic mass is 16.1. The van der Waals surface area contributed by atoms with Crippen molar-refractivity contribution in [3.63, 3.8) is 0 Å². The van der Waals surface area contributed by atoms with E-state index < -0.39 is 0 Å². The highest BCUT2D eigenvalue weighted by Gasteiger charge is 2.22. The van der Waals surface area contributed by atoms with Gasteiger partial charge in [0.1, 0.15) is 18.0 Å². The molecule has 1 aliphatic rings. The fourth-order valence-electron chi connectivity index (χ4n) is 3.59. The minimum absolute atomic E-state index is 0.224. The lowest BCUT2D eigenvalue weighted by Gasteiger charge is -2.33. The van der Waals surface area contributed by atoms with Gasteiger partial charge in [0.25, 0.3) is 0 Å². The number of nitrogens with two attached hydrogens (primary N) is 1. The van der Waals surface area contributed by atoms with Crippen LogP contribution in [0.3, 0.4) is 0 Å². The third-order valence-electron chi connectivity index (χ3n) is 4.75. The highest BCUT2D eigenvalue weighted by Crippen LogP contribution is 2.25. The molecule has 0 bridgehead atoms. The van der Waals surface area contributed by atoms with Crippen molar-refractivity contribution in [1.29, 1.82) is 0 Å². The van der Waals surface area contributed by atoms with Crippen LogP contribution in [0.25, 0.3) is 16.9 Å². The Morgan fingerprint density at radius 3 is 2.88 bits per heavy atom. The number of amides is 1. The molecule has 6 heteroatoms. The molecule has 128 valence electrons. The number of hydrogen-bond donors (Lipinski definition) is 1. The molecular formula is C19H21N5O. The van der Waals surface area contributed by atoms with Gasteiger partial charge in [0, 0.05) is 19.5 Å². The van der Waals surface area contributed by atoms with Gasteiger partial charge in [-0.25, -0.2) is 9.97 Å². The number of nitrogens with zero attached hydrogens (tertiary/aromatic N) is 4. The molecule has 6 nitrogen and oxygen atoms in total. The normalized spacial score (nSPS) is 17.8. The molecule has 1 aliphatic heterocycles. The Balaban J connectivity index is 1.62. The molecule has 3 aromatic rings. The molecule has 4 rings (SSSR count). The summed E-state index contributed by atoms with van der Waals surface area (Å²) in [6.07, 6.45) is 4.36. The first-order chi connectivity index (χ1) is 12.2. The largest absolute Gasteiger partial charge is 0.370 e. The van der Waals surface area contributed by atoms with E-state index >= 15 is 0 Å². The predicted octanol–water partition coefficient (Wildman–Crippen LogP) is 2.51. The number of piperidine rings is 1. The number of pyridine rings is 1. The number of carbonyl (C=O) groups excluding carboxylic acids is 1. The number of primary amides is 1. The number of hydrogen-bond acceptors (Lipinski definition) is 4. The van der Waals surface area contributed by atoms with Crippen LogP contribution < -0.4 is 10.6 Å². The van der Waals surface area contributed by atoms with E-state index in [9.17, 15) is 4.79 Å². The Labute approximate surface area is 146 Å². The number of benzene rings is 1. The van der Waals surface area contributed by atoms with Gasteiger partial charge < -0.3 is 10.6 Å². The number of aromatic nitrogens is 3. The second kappa shape index (κ2) is 6.55. The van der Waals surface area contributed by atoms with Gasteiger partial charge in [-0.05, 0) is 43.0 Å². The Kier molecular flexibility index (Phi) is 4.09. The van der Waals surface area contributed by atoms with Crippen LogP contribution in [0.4, 0.5) is 5.82 Å². The van der Waals surface area contributed by atoms with Gasteiger partial charge in [-0.3, -0.25) is 9.36 Å². The summed E-state index contributed by atoms with van der Waals surface area (Å²) in [6.45, 7) is 1.78. The van der Waals surface area contributed by atoms with E-state index in [0.29, 0.717) is 12.3 Å². The number of imidazole rings is 1. The van der Waals surface area contributed by atoms with Crippen molar-refractivity contribution in [2.45, 2.75) is 19.3 Å². The number of fused-ring (bicyclic) bond motifs is 1. The maximum atomic E-state index is 11.2. The molecule has 2 aromatic heterocycles. The minimum atomic E-state index is -0.224. The van der Waals surface area contributed by atoms with E-state index in [1.165, 1.54) is 0 Å². The van der Waals surface area contributed by atoms with Crippen LogP contribution in [-0.2, 0) is 4.79 Å². The zero-order valence-electron chi connectivity index (χ0n) is 14.0. The first-order valence-corrected chi connectivity index (χ1v) is 8.63. The van der Waals surface area contributed by atoms with Crippen LogP contribution in [0.15, 0.2) is 48.8 Å². The van der Waals surface area contributed by atoms with Crippen LogP contribution in [0.2, 0.25) is 0 Å². The third kappa shape index (κ3) is 3.20. The first-order valence-electron chi connectivity index (χ1n) is 8.63. The monoisotopic (exact) mass is 335 g/mol. The summed E-state index contributed by atoms with van der Waals surface area (Å²) in [6, 6.07) is 14.1. The van der Waals surface area contributed by atoms with E-state index in [0.717, 1.165) is 48.6 Å². The maximum absolute atomic E-state index is 11.2. The smallest absolute Gasteiger partial charge is 0.217 e. The van der Waals surface area contributed by atoms with Gasteiger partial charge in [-0.1, -0.05) is 18.2 Å². The van der Waals surface area contributed by atoms with E-state index in [1.54, 1.807) is 0 Å². The Bertz CT molecular complexity index is 903. The molecule has 3 heterocycles. The molecule has 25 heavy (non-hydrogen) atoms. The summed E-state index contributed by atoms with van der Waals surface area (Å²) in [4.78, 5) is 22.7. The molecule has 1 amide bonds. The van der Waals surface area contributed by atoms with Crippen LogP contribution in [0, 0.1) is 5.92 Å². The Morgan fingerprint density at radius 2 is 2.00 bits per heavy atom.